The Morgan fingerprint density at radius 3 is 2.74 bits per heavy atom. The molecule has 0 spiro atoms. The molecule has 1 amide bonds. The van der Waals surface area contributed by atoms with Crippen molar-refractivity contribution < 1.29 is 4.79 Å². The number of aryl methyl sites for hydroxylation is 3. The van der Waals surface area contributed by atoms with Gasteiger partial charge in [0.2, 0.25) is 5.91 Å². The van der Waals surface area contributed by atoms with Crippen molar-refractivity contribution >= 4 is 33.1 Å². The van der Waals surface area contributed by atoms with Crippen LogP contribution in [-0.2, 0) is 24.2 Å². The molecule has 2 aromatic heterocycles. The van der Waals surface area contributed by atoms with E-state index in [0.29, 0.717) is 10.2 Å². The van der Waals surface area contributed by atoms with Crippen molar-refractivity contribution in [1.29, 1.82) is 0 Å². The maximum atomic E-state index is 13.5. The van der Waals surface area contributed by atoms with E-state index < -0.39 is 0 Å². The van der Waals surface area contributed by atoms with E-state index in [1.165, 1.54) is 46.2 Å². The van der Waals surface area contributed by atoms with Crippen LogP contribution in [-0.4, -0.2) is 15.5 Å². The predicted molar refractivity (Wildman–Crippen MR) is 140 cm³/mol. The first kappa shape index (κ1) is 22.5. The van der Waals surface area contributed by atoms with Crippen LogP contribution < -0.4 is 10.9 Å². The number of anilines is 1. The molecular weight excluding hydrogens is 442 g/mol. The number of hydrogen-bond acceptors (Lipinski definition) is 4. The molecule has 0 atom stereocenters. The third kappa shape index (κ3) is 4.18. The number of rotatable bonds is 5. The number of amides is 1. The van der Waals surface area contributed by atoms with Crippen LogP contribution >= 0.6 is 11.3 Å². The Morgan fingerprint density at radius 1 is 1.15 bits per heavy atom. The van der Waals surface area contributed by atoms with E-state index in [4.69, 9.17) is 0 Å². The standard InChI is InChI=1S/C28H29N3O2S/c1-17(2)22-10-6-7-18(3)26(22)30-24(32)14-31-16-29-27-25(28(31)33)23(15-34-27)21-12-11-19-8-4-5-9-20(19)13-21/h6-7,10-13,15-17H,4-5,8-9,14H2,1-3H3,(H,30,32). The minimum Gasteiger partial charge on any atom is -0.324 e. The van der Waals surface area contributed by atoms with Gasteiger partial charge in [-0.15, -0.1) is 11.3 Å². The van der Waals surface area contributed by atoms with Crippen molar-refractivity contribution in [3.05, 3.63) is 80.7 Å². The lowest BCUT2D eigenvalue weighted by Gasteiger charge is -2.17. The third-order valence-corrected chi connectivity index (χ3v) is 7.61. The first-order valence-corrected chi connectivity index (χ1v) is 12.8. The molecule has 0 saturated carbocycles. The zero-order chi connectivity index (χ0) is 23.8. The van der Waals surface area contributed by atoms with Crippen LogP contribution in [0.3, 0.4) is 0 Å². The molecule has 0 aliphatic heterocycles. The summed E-state index contributed by atoms with van der Waals surface area (Å²) in [5, 5.41) is 5.64. The average Bonchev–Trinajstić information content (AvgIpc) is 3.26. The predicted octanol–water partition coefficient (Wildman–Crippen LogP) is 6.07. The van der Waals surface area contributed by atoms with Crippen molar-refractivity contribution in [3.8, 4) is 11.1 Å². The Labute approximate surface area is 203 Å². The number of fused-ring (bicyclic) bond motifs is 2. The van der Waals surface area contributed by atoms with E-state index in [2.05, 4.69) is 42.3 Å². The van der Waals surface area contributed by atoms with Gasteiger partial charge in [-0.25, -0.2) is 4.98 Å². The molecule has 174 valence electrons. The summed E-state index contributed by atoms with van der Waals surface area (Å²) in [4.78, 5) is 31.6. The molecule has 6 heteroatoms. The molecule has 34 heavy (non-hydrogen) atoms. The molecule has 0 saturated heterocycles. The van der Waals surface area contributed by atoms with Gasteiger partial charge in [-0.3, -0.25) is 14.2 Å². The van der Waals surface area contributed by atoms with Crippen LogP contribution in [0.5, 0.6) is 0 Å². The highest BCUT2D eigenvalue weighted by Gasteiger charge is 2.18. The fraction of sp³-hybridized carbons (Fsp3) is 0.321. The smallest absolute Gasteiger partial charge is 0.263 e. The zero-order valence-corrected chi connectivity index (χ0v) is 20.7. The van der Waals surface area contributed by atoms with Crippen molar-refractivity contribution in [2.75, 3.05) is 5.32 Å². The van der Waals surface area contributed by atoms with Crippen LogP contribution in [0.1, 0.15) is 54.9 Å². The van der Waals surface area contributed by atoms with Gasteiger partial charge >= 0.3 is 0 Å². The lowest BCUT2D eigenvalue weighted by atomic mass is 9.89. The van der Waals surface area contributed by atoms with Gasteiger partial charge in [-0.2, -0.15) is 0 Å². The maximum Gasteiger partial charge on any atom is 0.263 e. The summed E-state index contributed by atoms with van der Waals surface area (Å²) in [6.45, 7) is 6.11. The van der Waals surface area contributed by atoms with Crippen molar-refractivity contribution in [2.45, 2.75) is 58.9 Å². The molecule has 0 unspecified atom stereocenters. The average molecular weight is 472 g/mol. The second-order valence-corrected chi connectivity index (χ2v) is 10.3. The summed E-state index contributed by atoms with van der Waals surface area (Å²) in [7, 11) is 0. The Morgan fingerprint density at radius 2 is 1.94 bits per heavy atom. The number of nitrogens with zero attached hydrogens (tertiary/aromatic N) is 2. The van der Waals surface area contributed by atoms with Crippen LogP contribution in [0, 0.1) is 6.92 Å². The molecular formula is C28H29N3O2S. The Hall–Kier alpha value is -3.25. The summed E-state index contributed by atoms with van der Waals surface area (Å²) >= 11 is 1.47. The van der Waals surface area contributed by atoms with Gasteiger partial charge in [0.05, 0.1) is 11.7 Å². The van der Waals surface area contributed by atoms with E-state index in [-0.39, 0.29) is 23.9 Å². The van der Waals surface area contributed by atoms with Gasteiger partial charge in [0.15, 0.2) is 0 Å². The summed E-state index contributed by atoms with van der Waals surface area (Å²) in [6.07, 6.45) is 6.15. The lowest BCUT2D eigenvalue weighted by Crippen LogP contribution is -2.28. The highest BCUT2D eigenvalue weighted by molar-refractivity contribution is 7.17. The third-order valence-electron chi connectivity index (χ3n) is 6.73. The van der Waals surface area contributed by atoms with Gasteiger partial charge in [-0.1, -0.05) is 50.2 Å². The Bertz CT molecular complexity index is 1450. The van der Waals surface area contributed by atoms with Gasteiger partial charge in [0.25, 0.3) is 5.56 Å². The number of carbonyl (C=O) groups excluding carboxylic acids is 1. The largest absolute Gasteiger partial charge is 0.324 e. The van der Waals surface area contributed by atoms with Crippen molar-refractivity contribution in [2.24, 2.45) is 0 Å². The van der Waals surface area contributed by atoms with Crippen molar-refractivity contribution in [3.63, 3.8) is 0 Å². The minimum absolute atomic E-state index is 0.0763. The summed E-state index contributed by atoms with van der Waals surface area (Å²) < 4.78 is 1.42. The van der Waals surface area contributed by atoms with Crippen LogP contribution in [0.25, 0.3) is 21.3 Å². The SMILES string of the molecule is Cc1cccc(C(C)C)c1NC(=O)Cn1cnc2scc(-c3ccc4c(c3)CCCC4)c2c1=O. The quantitative estimate of drug-likeness (QED) is 0.384. The topological polar surface area (TPSA) is 64.0 Å². The van der Waals surface area contributed by atoms with Crippen LogP contribution in [0.15, 0.2) is 52.9 Å². The second kappa shape index (κ2) is 9.18. The Balaban J connectivity index is 1.47. The molecule has 2 aromatic carbocycles. The van der Waals surface area contributed by atoms with E-state index in [1.54, 1.807) is 0 Å². The first-order valence-electron chi connectivity index (χ1n) is 11.9. The monoisotopic (exact) mass is 471 g/mol. The molecule has 0 fully saturated rings. The summed E-state index contributed by atoms with van der Waals surface area (Å²) in [5.74, 6) is 0.0472. The van der Waals surface area contributed by atoms with Gasteiger partial charge < -0.3 is 5.32 Å². The summed E-state index contributed by atoms with van der Waals surface area (Å²) in [5.41, 5.74) is 7.49. The molecule has 1 N–H and O–H groups in total. The normalized spacial score (nSPS) is 13.3. The molecule has 0 radical (unpaired) electrons. The second-order valence-electron chi connectivity index (χ2n) is 9.44. The number of benzene rings is 2. The molecule has 2 heterocycles. The van der Waals surface area contributed by atoms with Gasteiger partial charge in [0, 0.05) is 16.6 Å². The fourth-order valence-corrected chi connectivity index (χ4v) is 5.78. The van der Waals surface area contributed by atoms with E-state index in [9.17, 15) is 9.59 Å². The minimum atomic E-state index is -0.231. The van der Waals surface area contributed by atoms with Gasteiger partial charge in [-0.05, 0) is 66.3 Å². The first-order chi connectivity index (χ1) is 16.4. The number of thiophene rings is 1. The molecule has 1 aliphatic rings. The number of carbonyl (C=O) groups is 1. The lowest BCUT2D eigenvalue weighted by molar-refractivity contribution is -0.116. The van der Waals surface area contributed by atoms with E-state index in [1.807, 2.05) is 30.5 Å². The molecule has 4 aromatic rings. The Kier molecular flexibility index (Phi) is 6.09. The molecule has 5 rings (SSSR count). The molecule has 1 aliphatic carbocycles. The number of para-hydroxylation sites is 1. The van der Waals surface area contributed by atoms with Crippen molar-refractivity contribution in [1.82, 2.24) is 9.55 Å². The molecule has 5 nitrogen and oxygen atoms in total. The molecule has 0 bridgehead atoms. The number of aromatic nitrogens is 2. The number of hydrogen-bond donors (Lipinski definition) is 1. The van der Waals surface area contributed by atoms with Gasteiger partial charge in [0.1, 0.15) is 11.4 Å². The van der Waals surface area contributed by atoms with Crippen LogP contribution in [0.4, 0.5) is 5.69 Å². The van der Waals surface area contributed by atoms with E-state index >= 15 is 0 Å². The fourth-order valence-electron chi connectivity index (χ4n) is 4.87. The summed E-state index contributed by atoms with van der Waals surface area (Å²) in [6, 6.07) is 12.6. The number of nitrogens with one attached hydrogen (secondary N) is 1. The highest BCUT2D eigenvalue weighted by Crippen LogP contribution is 2.33. The zero-order valence-electron chi connectivity index (χ0n) is 19.9. The van der Waals surface area contributed by atoms with E-state index in [0.717, 1.165) is 40.8 Å². The highest BCUT2D eigenvalue weighted by atomic mass is 32.1. The van der Waals surface area contributed by atoms with Crippen LogP contribution in [0.2, 0.25) is 0 Å². The maximum absolute atomic E-state index is 13.5.